The maximum Gasteiger partial charge on any atom is 0.235 e. The molecule has 0 aliphatic rings. The number of aromatic nitrogens is 5. The number of hydrogen-bond donors (Lipinski definition) is 0. The largest absolute Gasteiger partial charge is 0.236 e. The van der Waals surface area contributed by atoms with Crippen LogP contribution in [0.25, 0.3) is 47.7 Å². The van der Waals surface area contributed by atoms with E-state index in [9.17, 15) is 0 Å². The third-order valence-electron chi connectivity index (χ3n) is 4.78. The third-order valence-corrected chi connectivity index (χ3v) is 7.03. The van der Waals surface area contributed by atoms with Gasteiger partial charge in [-0.2, -0.15) is 9.61 Å². The molecule has 3 aromatic carbocycles. The second-order valence-corrected chi connectivity index (χ2v) is 9.09. The molecule has 0 saturated carbocycles. The van der Waals surface area contributed by atoms with Crippen LogP contribution < -0.4 is 0 Å². The Morgan fingerprint density at radius 3 is 2.27 bits per heavy atom. The molecule has 0 bridgehead atoms. The fraction of sp³-hybridized carbons (Fsp3) is 0. The Morgan fingerprint density at radius 2 is 1.47 bits per heavy atom. The molecule has 8 heteroatoms. The summed E-state index contributed by atoms with van der Waals surface area (Å²) >= 11 is 9.22. The normalized spacial score (nSPS) is 11.5. The minimum atomic E-state index is 0.684. The Balaban J connectivity index is 1.49. The van der Waals surface area contributed by atoms with Crippen LogP contribution in [0.1, 0.15) is 0 Å². The Labute approximate surface area is 184 Å². The molecule has 0 saturated heterocycles. The zero-order valence-corrected chi connectivity index (χ0v) is 17.7. The van der Waals surface area contributed by atoms with Crippen molar-refractivity contribution in [2.45, 2.75) is 0 Å². The molecule has 144 valence electrons. The number of rotatable bonds is 3. The first-order chi connectivity index (χ1) is 14.8. The van der Waals surface area contributed by atoms with Gasteiger partial charge in [0.1, 0.15) is 10.0 Å². The van der Waals surface area contributed by atoms with Gasteiger partial charge in [-0.3, -0.25) is 0 Å². The fourth-order valence-electron chi connectivity index (χ4n) is 3.35. The molecule has 0 radical (unpaired) electrons. The van der Waals surface area contributed by atoms with E-state index < -0.39 is 0 Å². The van der Waals surface area contributed by atoms with E-state index in [1.807, 2.05) is 54.6 Å². The molecule has 5 nitrogen and oxygen atoms in total. The average molecular weight is 446 g/mol. The second-order valence-electron chi connectivity index (χ2n) is 6.66. The number of halogens is 1. The van der Waals surface area contributed by atoms with Gasteiger partial charge in [0.25, 0.3) is 0 Å². The molecule has 0 aliphatic carbocycles. The van der Waals surface area contributed by atoms with Gasteiger partial charge in [0.05, 0.1) is 10.2 Å². The standard InChI is InChI=1S/C22H12ClN5S2/c23-14-11-9-13(10-12-14)19-25-26-22-28(19)27-21(30-22)16-6-2-1-5-15(16)20-24-17-7-3-4-8-18(17)29-20/h1-12H. The summed E-state index contributed by atoms with van der Waals surface area (Å²) in [5.41, 5.74) is 4.03. The van der Waals surface area contributed by atoms with Gasteiger partial charge in [0, 0.05) is 21.7 Å². The van der Waals surface area contributed by atoms with Crippen LogP contribution in [0.3, 0.4) is 0 Å². The van der Waals surface area contributed by atoms with E-state index in [2.05, 4.69) is 28.4 Å². The molecule has 0 unspecified atom stereocenters. The van der Waals surface area contributed by atoms with Crippen LogP contribution in [0.15, 0.2) is 72.8 Å². The number of fused-ring (bicyclic) bond motifs is 2. The van der Waals surface area contributed by atoms with Crippen molar-refractivity contribution in [3.8, 4) is 32.5 Å². The van der Waals surface area contributed by atoms with Gasteiger partial charge < -0.3 is 0 Å². The Kier molecular flexibility index (Phi) is 4.12. The van der Waals surface area contributed by atoms with Crippen LogP contribution in [0.4, 0.5) is 0 Å². The van der Waals surface area contributed by atoms with Gasteiger partial charge in [0.2, 0.25) is 4.96 Å². The lowest BCUT2D eigenvalue weighted by Crippen LogP contribution is -1.91. The van der Waals surface area contributed by atoms with E-state index >= 15 is 0 Å². The first-order valence-electron chi connectivity index (χ1n) is 9.20. The lowest BCUT2D eigenvalue weighted by Gasteiger charge is -2.03. The van der Waals surface area contributed by atoms with E-state index in [1.165, 1.54) is 16.0 Å². The fourth-order valence-corrected chi connectivity index (χ4v) is 5.36. The summed E-state index contributed by atoms with van der Waals surface area (Å²) in [6, 6.07) is 23.9. The molecule has 3 heterocycles. The summed E-state index contributed by atoms with van der Waals surface area (Å²) < 4.78 is 2.96. The zero-order chi connectivity index (χ0) is 20.1. The monoisotopic (exact) mass is 445 g/mol. The first-order valence-corrected chi connectivity index (χ1v) is 11.2. The van der Waals surface area contributed by atoms with Gasteiger partial charge in [0.15, 0.2) is 5.82 Å². The molecule has 3 aromatic heterocycles. The third kappa shape index (κ3) is 2.90. The van der Waals surface area contributed by atoms with Crippen molar-refractivity contribution in [2.24, 2.45) is 0 Å². The molecule has 6 rings (SSSR count). The molecule has 0 fully saturated rings. The first kappa shape index (κ1) is 17.7. The van der Waals surface area contributed by atoms with Gasteiger partial charge in [-0.1, -0.05) is 59.3 Å². The van der Waals surface area contributed by atoms with Crippen LogP contribution in [-0.2, 0) is 0 Å². The topological polar surface area (TPSA) is 56.0 Å². The summed E-state index contributed by atoms with van der Waals surface area (Å²) in [6.07, 6.45) is 0. The van der Waals surface area contributed by atoms with Gasteiger partial charge in [-0.05, 0) is 36.4 Å². The Bertz CT molecular complexity index is 1480. The maximum atomic E-state index is 6.02. The highest BCUT2D eigenvalue weighted by Crippen LogP contribution is 2.38. The van der Waals surface area contributed by atoms with Crippen LogP contribution in [0.2, 0.25) is 5.02 Å². The summed E-state index contributed by atoms with van der Waals surface area (Å²) in [6.45, 7) is 0. The lowest BCUT2D eigenvalue weighted by atomic mass is 10.1. The molecule has 30 heavy (non-hydrogen) atoms. The minimum absolute atomic E-state index is 0.684. The highest BCUT2D eigenvalue weighted by atomic mass is 35.5. The van der Waals surface area contributed by atoms with Gasteiger partial charge in [-0.25, -0.2) is 4.98 Å². The van der Waals surface area contributed by atoms with Crippen molar-refractivity contribution in [1.29, 1.82) is 0 Å². The van der Waals surface area contributed by atoms with E-state index in [-0.39, 0.29) is 0 Å². The van der Waals surface area contributed by atoms with E-state index in [4.69, 9.17) is 21.7 Å². The number of hydrogen-bond acceptors (Lipinski definition) is 6. The molecular formula is C22H12ClN5S2. The SMILES string of the molecule is Clc1ccc(-c2nnc3sc(-c4ccccc4-c4nc5ccccc5s4)nn23)cc1. The summed E-state index contributed by atoms with van der Waals surface area (Å²) in [5, 5.41) is 16.0. The highest BCUT2D eigenvalue weighted by Gasteiger charge is 2.18. The summed E-state index contributed by atoms with van der Waals surface area (Å²) in [4.78, 5) is 5.58. The summed E-state index contributed by atoms with van der Waals surface area (Å²) in [5.74, 6) is 0.696. The van der Waals surface area contributed by atoms with Crippen molar-refractivity contribution in [1.82, 2.24) is 24.8 Å². The molecule has 0 atom stereocenters. The smallest absolute Gasteiger partial charge is 0.235 e. The van der Waals surface area contributed by atoms with E-state index in [0.29, 0.717) is 10.8 Å². The van der Waals surface area contributed by atoms with Crippen LogP contribution in [0, 0.1) is 0 Å². The summed E-state index contributed by atoms with van der Waals surface area (Å²) in [7, 11) is 0. The molecule has 0 N–H and O–H groups in total. The van der Waals surface area contributed by atoms with Crippen molar-refractivity contribution >= 4 is 49.5 Å². The van der Waals surface area contributed by atoms with E-state index in [0.717, 1.165) is 37.2 Å². The zero-order valence-electron chi connectivity index (χ0n) is 15.4. The number of para-hydroxylation sites is 1. The average Bonchev–Trinajstić information content (AvgIpc) is 3.48. The van der Waals surface area contributed by atoms with Gasteiger partial charge >= 0.3 is 0 Å². The molecule has 6 aromatic rings. The van der Waals surface area contributed by atoms with Gasteiger partial charge in [-0.15, -0.1) is 21.5 Å². The quantitative estimate of drug-likeness (QED) is 0.314. The predicted octanol–water partition coefficient (Wildman–Crippen LogP) is 6.45. The van der Waals surface area contributed by atoms with E-state index in [1.54, 1.807) is 15.9 Å². The molecule has 0 amide bonds. The number of benzene rings is 3. The second kappa shape index (κ2) is 6.98. The molecule has 0 spiro atoms. The molecular weight excluding hydrogens is 434 g/mol. The highest BCUT2D eigenvalue weighted by molar-refractivity contribution is 7.22. The Hall–Kier alpha value is -3.13. The minimum Gasteiger partial charge on any atom is -0.236 e. The lowest BCUT2D eigenvalue weighted by molar-refractivity contribution is 0.971. The maximum absolute atomic E-state index is 6.02. The molecule has 0 aliphatic heterocycles. The number of nitrogens with zero attached hydrogens (tertiary/aromatic N) is 5. The van der Waals surface area contributed by atoms with Crippen LogP contribution >= 0.6 is 34.3 Å². The van der Waals surface area contributed by atoms with Crippen molar-refractivity contribution in [2.75, 3.05) is 0 Å². The van der Waals surface area contributed by atoms with Crippen LogP contribution in [0.5, 0.6) is 0 Å². The van der Waals surface area contributed by atoms with Crippen molar-refractivity contribution in [3.63, 3.8) is 0 Å². The number of thiazole rings is 1. The Morgan fingerprint density at radius 1 is 0.733 bits per heavy atom. The predicted molar refractivity (Wildman–Crippen MR) is 123 cm³/mol. The van der Waals surface area contributed by atoms with Crippen molar-refractivity contribution < 1.29 is 0 Å². The van der Waals surface area contributed by atoms with Crippen molar-refractivity contribution in [3.05, 3.63) is 77.8 Å². The van der Waals surface area contributed by atoms with Crippen LogP contribution in [-0.4, -0.2) is 24.8 Å².